The lowest BCUT2D eigenvalue weighted by molar-refractivity contribution is 0.0378. The number of aromatic nitrogens is 1. The molecule has 0 radical (unpaired) electrons. The summed E-state index contributed by atoms with van der Waals surface area (Å²) in [5, 5.41) is 4.47. The highest BCUT2D eigenvalue weighted by Crippen LogP contribution is 2.38. The first-order valence-electron chi connectivity index (χ1n) is 15.8. The summed E-state index contributed by atoms with van der Waals surface area (Å²) in [6.45, 7) is 6.26. The van der Waals surface area contributed by atoms with Gasteiger partial charge in [-0.2, -0.15) is 0 Å². The average Bonchev–Trinajstić information content (AvgIpc) is 3.33. The Labute approximate surface area is 272 Å². The first-order valence-corrected chi connectivity index (χ1v) is 17.5. The van der Waals surface area contributed by atoms with E-state index < -0.39 is 0 Å². The van der Waals surface area contributed by atoms with Crippen LogP contribution in [0.15, 0.2) is 53.0 Å². The summed E-state index contributed by atoms with van der Waals surface area (Å²) in [6.07, 6.45) is 10.9. The minimum absolute atomic E-state index is 0.258. The number of esters is 1. The van der Waals surface area contributed by atoms with Gasteiger partial charge in [-0.1, -0.05) is 54.5 Å². The second-order valence-corrected chi connectivity index (χ2v) is 13.6. The molecule has 4 aromatic rings. The SMILES string of the molecule is CCOc1ccc(-c2cc(C(=O)Nc3sc4c(c3C(=O)OC(C)C)CCCCCCCCCC4)c3cc(Br)ccc3n2)cc1. The van der Waals surface area contributed by atoms with Crippen LogP contribution in [0, 0.1) is 0 Å². The predicted octanol–water partition coefficient (Wildman–Crippen LogP) is 10.2. The third kappa shape index (κ3) is 7.88. The molecule has 0 saturated carbocycles. The van der Waals surface area contributed by atoms with Gasteiger partial charge in [-0.3, -0.25) is 4.79 Å². The fourth-order valence-electron chi connectivity index (χ4n) is 5.80. The Morgan fingerprint density at radius 2 is 1.61 bits per heavy atom. The Hall–Kier alpha value is -3.23. The first-order chi connectivity index (χ1) is 21.3. The van der Waals surface area contributed by atoms with Gasteiger partial charge in [0.05, 0.1) is 35.0 Å². The molecule has 44 heavy (non-hydrogen) atoms. The molecule has 2 aromatic heterocycles. The number of anilines is 1. The van der Waals surface area contributed by atoms with E-state index in [-0.39, 0.29) is 18.0 Å². The standard InChI is InChI=1S/C36H41BrN2O4S/c1-4-42-26-18-15-24(16-19-26)31-22-29(28-21-25(37)17-20-30(28)38-31)34(40)39-35-33(36(41)43-23(2)3)27-13-11-9-7-5-6-8-10-12-14-32(27)44-35/h15-23H,4-14H2,1-3H3,(H,39,40). The highest BCUT2D eigenvalue weighted by molar-refractivity contribution is 9.10. The van der Waals surface area contributed by atoms with E-state index in [9.17, 15) is 9.59 Å². The van der Waals surface area contributed by atoms with Crippen molar-refractivity contribution < 1.29 is 19.1 Å². The molecule has 0 bridgehead atoms. The van der Waals surface area contributed by atoms with Gasteiger partial charge in [0.2, 0.25) is 0 Å². The quantitative estimate of drug-likeness (QED) is 0.197. The van der Waals surface area contributed by atoms with E-state index in [0.29, 0.717) is 33.9 Å². The normalized spacial score (nSPS) is 14.4. The highest BCUT2D eigenvalue weighted by atomic mass is 79.9. The van der Waals surface area contributed by atoms with Gasteiger partial charge in [-0.25, -0.2) is 9.78 Å². The van der Waals surface area contributed by atoms with Crippen LogP contribution in [0.1, 0.15) is 103 Å². The molecule has 0 unspecified atom stereocenters. The molecular formula is C36H41BrN2O4S. The number of hydrogen-bond acceptors (Lipinski definition) is 6. The number of rotatable bonds is 7. The fourth-order valence-corrected chi connectivity index (χ4v) is 7.43. The lowest BCUT2D eigenvalue weighted by Crippen LogP contribution is -2.18. The molecule has 1 amide bonds. The molecule has 0 spiro atoms. The number of amides is 1. The number of halogens is 1. The number of nitrogens with one attached hydrogen (secondary N) is 1. The van der Waals surface area contributed by atoms with Gasteiger partial charge in [0.1, 0.15) is 10.8 Å². The zero-order valence-electron chi connectivity index (χ0n) is 25.8. The van der Waals surface area contributed by atoms with Gasteiger partial charge in [0, 0.05) is 20.3 Å². The van der Waals surface area contributed by atoms with Crippen molar-refractivity contribution in [3.8, 4) is 17.0 Å². The predicted molar refractivity (Wildman–Crippen MR) is 183 cm³/mol. The maximum Gasteiger partial charge on any atom is 0.341 e. The van der Waals surface area contributed by atoms with E-state index in [1.54, 1.807) is 0 Å². The van der Waals surface area contributed by atoms with Gasteiger partial charge < -0.3 is 14.8 Å². The number of carbonyl (C=O) groups excluding carboxylic acids is 2. The molecule has 0 atom stereocenters. The van der Waals surface area contributed by atoms with Gasteiger partial charge in [-0.05, 0) is 101 Å². The van der Waals surface area contributed by atoms with E-state index >= 15 is 0 Å². The summed E-state index contributed by atoms with van der Waals surface area (Å²) in [4.78, 5) is 33.8. The van der Waals surface area contributed by atoms with E-state index in [1.165, 1.54) is 48.3 Å². The van der Waals surface area contributed by atoms with Gasteiger partial charge >= 0.3 is 5.97 Å². The Bertz CT molecular complexity index is 1610. The van der Waals surface area contributed by atoms with Crippen LogP contribution < -0.4 is 10.1 Å². The summed E-state index contributed by atoms with van der Waals surface area (Å²) >= 11 is 5.10. The lowest BCUT2D eigenvalue weighted by Gasteiger charge is -2.14. The molecular weight excluding hydrogens is 636 g/mol. The minimum atomic E-state index is -0.364. The molecule has 5 rings (SSSR count). The number of nitrogens with zero attached hydrogens (tertiary/aromatic N) is 1. The van der Waals surface area contributed by atoms with Gasteiger partial charge in [-0.15, -0.1) is 11.3 Å². The third-order valence-corrected chi connectivity index (χ3v) is 9.62. The Morgan fingerprint density at radius 3 is 2.30 bits per heavy atom. The van der Waals surface area contributed by atoms with Crippen LogP contribution in [0.2, 0.25) is 0 Å². The number of aryl methyl sites for hydroxylation is 1. The summed E-state index contributed by atoms with van der Waals surface area (Å²) in [6, 6.07) is 15.3. The number of benzene rings is 2. The number of ether oxygens (including phenoxy) is 2. The molecule has 6 nitrogen and oxygen atoms in total. The van der Waals surface area contributed by atoms with Crippen molar-refractivity contribution in [2.75, 3.05) is 11.9 Å². The minimum Gasteiger partial charge on any atom is -0.494 e. The van der Waals surface area contributed by atoms with E-state index in [0.717, 1.165) is 58.8 Å². The molecule has 0 saturated heterocycles. The molecule has 0 fully saturated rings. The zero-order chi connectivity index (χ0) is 31.1. The Kier molecular flexibility index (Phi) is 11.1. The van der Waals surface area contributed by atoms with Gasteiger partial charge in [0.25, 0.3) is 5.91 Å². The number of pyridine rings is 1. The van der Waals surface area contributed by atoms with Crippen molar-refractivity contribution in [3.63, 3.8) is 0 Å². The molecule has 1 N–H and O–H groups in total. The van der Waals surface area contributed by atoms with Gasteiger partial charge in [0.15, 0.2) is 0 Å². The van der Waals surface area contributed by atoms with Crippen molar-refractivity contribution in [1.29, 1.82) is 0 Å². The van der Waals surface area contributed by atoms with Crippen molar-refractivity contribution in [2.45, 2.75) is 91.1 Å². The topological polar surface area (TPSA) is 77.5 Å². The molecule has 2 heterocycles. The van der Waals surface area contributed by atoms with Crippen LogP contribution in [0.3, 0.4) is 0 Å². The zero-order valence-corrected chi connectivity index (χ0v) is 28.2. The fraction of sp³-hybridized carbons (Fsp3) is 0.417. The molecule has 2 aromatic carbocycles. The summed E-state index contributed by atoms with van der Waals surface area (Å²) in [5.74, 6) is 0.140. The summed E-state index contributed by atoms with van der Waals surface area (Å²) in [7, 11) is 0. The van der Waals surface area contributed by atoms with Crippen LogP contribution in [-0.2, 0) is 17.6 Å². The third-order valence-electron chi connectivity index (χ3n) is 7.92. The molecule has 8 heteroatoms. The van der Waals surface area contributed by atoms with Crippen molar-refractivity contribution >= 4 is 55.0 Å². The van der Waals surface area contributed by atoms with E-state index in [1.807, 2.05) is 69.3 Å². The summed E-state index contributed by atoms with van der Waals surface area (Å²) in [5.41, 5.74) is 4.34. The number of thiophene rings is 1. The maximum atomic E-state index is 14.2. The van der Waals surface area contributed by atoms with Crippen molar-refractivity contribution in [2.24, 2.45) is 0 Å². The monoisotopic (exact) mass is 676 g/mol. The van der Waals surface area contributed by atoms with Crippen molar-refractivity contribution in [1.82, 2.24) is 4.98 Å². The Balaban J connectivity index is 1.55. The largest absolute Gasteiger partial charge is 0.494 e. The van der Waals surface area contributed by atoms with Crippen LogP contribution >= 0.6 is 27.3 Å². The molecule has 1 aliphatic rings. The first kappa shape index (κ1) is 32.2. The molecule has 1 aliphatic carbocycles. The Morgan fingerprint density at radius 1 is 0.932 bits per heavy atom. The molecule has 232 valence electrons. The second kappa shape index (κ2) is 15.2. The van der Waals surface area contributed by atoms with Crippen molar-refractivity contribution in [3.05, 3.63) is 74.6 Å². The number of carbonyl (C=O) groups is 2. The van der Waals surface area contributed by atoms with E-state index in [4.69, 9.17) is 14.5 Å². The van der Waals surface area contributed by atoms with Crippen LogP contribution in [-0.4, -0.2) is 29.6 Å². The van der Waals surface area contributed by atoms with E-state index in [2.05, 4.69) is 21.2 Å². The van der Waals surface area contributed by atoms with Crippen LogP contribution in [0.4, 0.5) is 5.00 Å². The average molecular weight is 678 g/mol. The highest BCUT2D eigenvalue weighted by Gasteiger charge is 2.27. The lowest BCUT2D eigenvalue weighted by atomic mass is 9.97. The smallest absolute Gasteiger partial charge is 0.341 e. The second-order valence-electron chi connectivity index (χ2n) is 11.6. The van der Waals surface area contributed by atoms with Crippen LogP contribution in [0.25, 0.3) is 22.2 Å². The summed E-state index contributed by atoms with van der Waals surface area (Å²) < 4.78 is 12.2. The molecule has 0 aliphatic heterocycles. The maximum absolute atomic E-state index is 14.2. The van der Waals surface area contributed by atoms with Crippen LogP contribution in [0.5, 0.6) is 5.75 Å². The number of hydrogen-bond donors (Lipinski definition) is 1. The number of fused-ring (bicyclic) bond motifs is 2.